The van der Waals surface area contributed by atoms with Crippen molar-refractivity contribution in [1.29, 1.82) is 0 Å². The Balaban J connectivity index is 1.65. The molecule has 0 bridgehead atoms. The Kier molecular flexibility index (Phi) is 5.63. The number of nitrogens with zero attached hydrogens (tertiary/aromatic N) is 1. The second-order valence-electron chi connectivity index (χ2n) is 7.24. The minimum Gasteiger partial charge on any atom is -0.374 e. The lowest BCUT2D eigenvalue weighted by Crippen LogP contribution is -2.09. The van der Waals surface area contributed by atoms with Crippen LogP contribution in [0.2, 0.25) is 0 Å². The predicted octanol–water partition coefficient (Wildman–Crippen LogP) is 3.82. The van der Waals surface area contributed by atoms with Gasteiger partial charge in [0.05, 0.1) is 4.90 Å². The minimum absolute atomic E-state index is 0.0723. The van der Waals surface area contributed by atoms with Gasteiger partial charge in [-0.15, -0.1) is 0 Å². The minimum atomic E-state index is -3.98. The molecule has 2 aromatic carbocycles. The molecule has 0 radical (unpaired) electrons. The summed E-state index contributed by atoms with van der Waals surface area (Å²) >= 11 is 0.835. The Labute approximate surface area is 185 Å². The molecular weight excluding hydrogens is 454 g/mol. The molecule has 2 N–H and O–H groups in total. The summed E-state index contributed by atoms with van der Waals surface area (Å²) in [6.07, 6.45) is 3.56. The van der Waals surface area contributed by atoms with E-state index < -0.39 is 19.7 Å². The molecule has 4 aromatic rings. The molecule has 0 saturated heterocycles. The number of nitrogens with one attached hydrogen (secondary N) is 2. The number of thiazole rings is 1. The van der Waals surface area contributed by atoms with Gasteiger partial charge in [-0.3, -0.25) is 0 Å². The zero-order chi connectivity index (χ0) is 22.2. The Hall–Kier alpha value is -2.69. The molecule has 0 unspecified atom stereocenters. The third-order valence-corrected chi connectivity index (χ3v) is 9.35. The highest BCUT2D eigenvalue weighted by molar-refractivity contribution is 7.93. The van der Waals surface area contributed by atoms with Crippen molar-refractivity contribution in [3.63, 3.8) is 0 Å². The lowest BCUT2D eigenvalue weighted by Gasteiger charge is -2.07. The highest BCUT2D eigenvalue weighted by Crippen LogP contribution is 2.34. The average molecular weight is 476 g/mol. The Morgan fingerprint density at radius 3 is 2.45 bits per heavy atom. The molecule has 10 heteroatoms. The van der Waals surface area contributed by atoms with Crippen molar-refractivity contribution in [2.24, 2.45) is 0 Å². The van der Waals surface area contributed by atoms with Crippen LogP contribution < -0.4 is 5.32 Å². The van der Waals surface area contributed by atoms with E-state index in [1.807, 2.05) is 37.4 Å². The fourth-order valence-electron chi connectivity index (χ4n) is 3.22. The quantitative estimate of drug-likeness (QED) is 0.421. The van der Waals surface area contributed by atoms with Crippen molar-refractivity contribution in [3.8, 4) is 0 Å². The van der Waals surface area contributed by atoms with Gasteiger partial charge < -0.3 is 10.3 Å². The number of sulfone groups is 2. The number of para-hydroxylation sites is 1. The number of H-pyrrole nitrogens is 1. The zero-order valence-electron chi connectivity index (χ0n) is 16.9. The molecule has 0 aliphatic heterocycles. The molecule has 7 nitrogen and oxygen atoms in total. The highest BCUT2D eigenvalue weighted by Gasteiger charge is 2.29. The number of aromatic amines is 1. The zero-order valence-corrected chi connectivity index (χ0v) is 19.4. The molecule has 0 fully saturated rings. The van der Waals surface area contributed by atoms with Gasteiger partial charge in [-0.05, 0) is 37.1 Å². The summed E-state index contributed by atoms with van der Waals surface area (Å²) in [4.78, 5) is 7.27. The normalized spacial score (nSPS) is 12.3. The second-order valence-corrected chi connectivity index (χ2v) is 12.3. The fourth-order valence-corrected chi connectivity index (χ4v) is 6.76. The molecular formula is C21H21N3O4S3. The molecule has 4 rings (SSSR count). The Morgan fingerprint density at radius 1 is 1.03 bits per heavy atom. The summed E-state index contributed by atoms with van der Waals surface area (Å²) in [7, 11) is -7.63. The van der Waals surface area contributed by atoms with E-state index in [1.54, 1.807) is 12.1 Å². The van der Waals surface area contributed by atoms with E-state index in [0.29, 0.717) is 13.0 Å². The Morgan fingerprint density at radius 2 is 1.74 bits per heavy atom. The van der Waals surface area contributed by atoms with Crippen LogP contribution in [-0.4, -0.2) is 39.6 Å². The van der Waals surface area contributed by atoms with Gasteiger partial charge in [-0.2, -0.15) is 0 Å². The first-order valence-corrected chi connectivity index (χ1v) is 13.7. The summed E-state index contributed by atoms with van der Waals surface area (Å²) in [5.41, 5.74) is 3.03. The van der Waals surface area contributed by atoms with Crippen LogP contribution in [0.1, 0.15) is 11.1 Å². The van der Waals surface area contributed by atoms with E-state index in [9.17, 15) is 16.8 Å². The van der Waals surface area contributed by atoms with E-state index in [-0.39, 0.29) is 19.3 Å². The van der Waals surface area contributed by atoms with Crippen LogP contribution in [0.5, 0.6) is 0 Å². The number of fused-ring (bicyclic) bond motifs is 1. The molecule has 2 heterocycles. The average Bonchev–Trinajstić information content (AvgIpc) is 3.33. The summed E-state index contributed by atoms with van der Waals surface area (Å²) in [6.45, 7) is 2.28. The monoisotopic (exact) mass is 475 g/mol. The van der Waals surface area contributed by atoms with E-state index in [0.717, 1.165) is 39.6 Å². The van der Waals surface area contributed by atoms with Gasteiger partial charge in [0.25, 0.3) is 0 Å². The molecule has 31 heavy (non-hydrogen) atoms. The van der Waals surface area contributed by atoms with Crippen LogP contribution in [-0.2, 0) is 26.1 Å². The number of aromatic nitrogens is 2. The molecule has 2 aromatic heterocycles. The summed E-state index contributed by atoms with van der Waals surface area (Å²) in [5.74, 6) is 0. The maximum Gasteiger partial charge on any atom is 0.226 e. The number of aryl methyl sites for hydroxylation is 1. The van der Waals surface area contributed by atoms with Gasteiger partial charge in [0.2, 0.25) is 24.0 Å². The lowest BCUT2D eigenvalue weighted by atomic mass is 10.1. The highest BCUT2D eigenvalue weighted by atomic mass is 32.2. The van der Waals surface area contributed by atoms with Crippen LogP contribution in [0.4, 0.5) is 5.00 Å². The van der Waals surface area contributed by atoms with Crippen molar-refractivity contribution in [3.05, 3.63) is 65.9 Å². The first-order valence-electron chi connectivity index (χ1n) is 9.48. The maximum atomic E-state index is 13.2. The number of benzene rings is 2. The van der Waals surface area contributed by atoms with Crippen LogP contribution in [0.15, 0.2) is 69.0 Å². The third-order valence-electron chi connectivity index (χ3n) is 4.83. The van der Waals surface area contributed by atoms with Crippen LogP contribution in [0.3, 0.4) is 0 Å². The van der Waals surface area contributed by atoms with Crippen molar-refractivity contribution in [2.75, 3.05) is 18.1 Å². The van der Waals surface area contributed by atoms with Crippen LogP contribution >= 0.6 is 11.3 Å². The van der Waals surface area contributed by atoms with Gasteiger partial charge >= 0.3 is 0 Å². The standard InChI is InChI=1S/C21H21N3O4S3/c1-14-7-9-16(10-8-14)31(27,28)20-19(29-21(24-20)30(2,25)26)22-12-11-15-13-23-18-6-4-3-5-17(15)18/h3-10,13,22-23H,11-12H2,1-2H3. The van der Waals surface area contributed by atoms with Crippen molar-refractivity contribution < 1.29 is 16.8 Å². The fraction of sp³-hybridized carbons (Fsp3) is 0.190. The first-order chi connectivity index (χ1) is 14.7. The smallest absolute Gasteiger partial charge is 0.226 e. The predicted molar refractivity (Wildman–Crippen MR) is 122 cm³/mol. The molecule has 0 aliphatic carbocycles. The molecule has 0 atom stereocenters. The topological polar surface area (TPSA) is 109 Å². The van der Waals surface area contributed by atoms with E-state index in [1.165, 1.54) is 12.1 Å². The molecule has 162 valence electrons. The van der Waals surface area contributed by atoms with Crippen LogP contribution in [0, 0.1) is 6.92 Å². The Bertz CT molecular complexity index is 1450. The van der Waals surface area contributed by atoms with Gasteiger partial charge in [0, 0.05) is 29.9 Å². The van der Waals surface area contributed by atoms with E-state index in [4.69, 9.17) is 0 Å². The number of hydrogen-bond donors (Lipinski definition) is 2. The van der Waals surface area contributed by atoms with E-state index >= 15 is 0 Å². The second kappa shape index (κ2) is 8.10. The van der Waals surface area contributed by atoms with Gasteiger partial charge in [0.15, 0.2) is 5.03 Å². The molecule has 0 amide bonds. The van der Waals surface area contributed by atoms with Gasteiger partial charge in [-0.25, -0.2) is 21.8 Å². The van der Waals surface area contributed by atoms with Crippen molar-refractivity contribution in [1.82, 2.24) is 9.97 Å². The van der Waals surface area contributed by atoms with Gasteiger partial charge in [0.1, 0.15) is 5.00 Å². The molecule has 0 aliphatic rings. The molecule has 0 saturated carbocycles. The SMILES string of the molecule is Cc1ccc(S(=O)(=O)c2nc(S(C)(=O)=O)sc2NCCc2c[nH]c3ccccc23)cc1. The van der Waals surface area contributed by atoms with Gasteiger partial charge in [-0.1, -0.05) is 47.2 Å². The van der Waals surface area contributed by atoms with Crippen LogP contribution in [0.25, 0.3) is 10.9 Å². The number of anilines is 1. The maximum absolute atomic E-state index is 13.2. The first kappa shape index (κ1) is 21.5. The van der Waals surface area contributed by atoms with Crippen molar-refractivity contribution in [2.45, 2.75) is 27.6 Å². The largest absolute Gasteiger partial charge is 0.374 e. The summed E-state index contributed by atoms with van der Waals surface area (Å²) in [6, 6.07) is 14.3. The number of hydrogen-bond acceptors (Lipinski definition) is 7. The van der Waals surface area contributed by atoms with E-state index in [2.05, 4.69) is 15.3 Å². The molecule has 0 spiro atoms. The van der Waals surface area contributed by atoms with Crippen molar-refractivity contribution >= 4 is 46.9 Å². The summed E-state index contributed by atoms with van der Waals surface area (Å²) in [5, 5.41) is 4.15. The lowest BCUT2D eigenvalue weighted by molar-refractivity contribution is 0.591. The third kappa shape index (κ3) is 4.36. The summed E-state index contributed by atoms with van der Waals surface area (Å²) < 4.78 is 50.2. The number of rotatable bonds is 7.